The topological polar surface area (TPSA) is 92.5 Å². The molecule has 1 amide bonds. The van der Waals surface area contributed by atoms with E-state index in [-0.39, 0.29) is 29.1 Å². The lowest BCUT2D eigenvalue weighted by Crippen LogP contribution is -2.39. The smallest absolute Gasteiger partial charge is 0.245 e. The Hall–Kier alpha value is -1.60. The summed E-state index contributed by atoms with van der Waals surface area (Å²) in [6.45, 7) is 3.25. The van der Waals surface area contributed by atoms with Gasteiger partial charge in [-0.3, -0.25) is 4.79 Å². The van der Waals surface area contributed by atoms with Crippen molar-refractivity contribution in [2.45, 2.75) is 37.6 Å². The fourth-order valence-corrected chi connectivity index (χ4v) is 3.61. The Bertz CT molecular complexity index is 666. The first kappa shape index (κ1) is 15.8. The Morgan fingerprint density at radius 1 is 1.33 bits per heavy atom. The van der Waals surface area contributed by atoms with Crippen LogP contribution in [0.2, 0.25) is 0 Å². The largest absolute Gasteiger partial charge is 0.397 e. The number of rotatable bonds is 5. The van der Waals surface area contributed by atoms with Crippen LogP contribution in [0.25, 0.3) is 0 Å². The van der Waals surface area contributed by atoms with Gasteiger partial charge in [-0.25, -0.2) is 8.42 Å². The number of amides is 1. The average Bonchev–Trinajstić information content (AvgIpc) is 3.17. The molecule has 1 aromatic carbocycles. The summed E-state index contributed by atoms with van der Waals surface area (Å²) in [5, 5.41) is 2.77. The van der Waals surface area contributed by atoms with Crippen LogP contribution in [-0.2, 0) is 14.8 Å². The van der Waals surface area contributed by atoms with Gasteiger partial charge in [-0.15, -0.1) is 0 Å². The van der Waals surface area contributed by atoms with E-state index in [9.17, 15) is 13.2 Å². The molecule has 0 unspecified atom stereocenters. The van der Waals surface area contributed by atoms with Crippen LogP contribution >= 0.6 is 0 Å². The van der Waals surface area contributed by atoms with Crippen LogP contribution in [0.3, 0.4) is 0 Å². The van der Waals surface area contributed by atoms with Gasteiger partial charge < -0.3 is 11.1 Å². The Morgan fingerprint density at radius 3 is 2.48 bits per heavy atom. The van der Waals surface area contributed by atoms with Gasteiger partial charge in [0.05, 0.1) is 12.2 Å². The maximum absolute atomic E-state index is 12.6. The monoisotopic (exact) mass is 311 g/mol. The lowest BCUT2D eigenvalue weighted by molar-refractivity contribution is -0.121. The van der Waals surface area contributed by atoms with E-state index in [0.717, 1.165) is 17.1 Å². The summed E-state index contributed by atoms with van der Waals surface area (Å²) in [5.74, 6) is -0.285. The molecule has 1 aromatic rings. The predicted molar refractivity (Wildman–Crippen MR) is 81.3 cm³/mol. The van der Waals surface area contributed by atoms with Crippen molar-refractivity contribution in [3.8, 4) is 0 Å². The normalized spacial score (nSPS) is 15.2. The molecular formula is C14H21N3O3S. The zero-order chi connectivity index (χ0) is 15.8. The Morgan fingerprint density at radius 2 is 1.90 bits per heavy atom. The van der Waals surface area contributed by atoms with Crippen molar-refractivity contribution < 1.29 is 13.2 Å². The van der Waals surface area contributed by atoms with Gasteiger partial charge in [0.2, 0.25) is 15.9 Å². The fraction of sp³-hybridized carbons (Fsp3) is 0.500. The number of carbonyl (C=O) groups excluding carboxylic acids is 1. The van der Waals surface area contributed by atoms with Crippen LogP contribution in [0.1, 0.15) is 24.0 Å². The molecule has 1 saturated carbocycles. The summed E-state index contributed by atoms with van der Waals surface area (Å²) in [7, 11) is -2.39. The zero-order valence-corrected chi connectivity index (χ0v) is 13.3. The number of hydrogen-bond donors (Lipinski definition) is 2. The molecule has 0 aromatic heterocycles. The summed E-state index contributed by atoms with van der Waals surface area (Å²) < 4.78 is 26.3. The molecule has 21 heavy (non-hydrogen) atoms. The van der Waals surface area contributed by atoms with Gasteiger partial charge >= 0.3 is 0 Å². The zero-order valence-electron chi connectivity index (χ0n) is 12.5. The number of aryl methyl sites for hydroxylation is 2. The average molecular weight is 311 g/mol. The molecule has 1 fully saturated rings. The molecule has 0 radical (unpaired) electrons. The molecule has 0 heterocycles. The molecule has 1 aliphatic carbocycles. The van der Waals surface area contributed by atoms with Crippen LogP contribution in [0.15, 0.2) is 17.0 Å². The predicted octanol–water partition coefficient (Wildman–Crippen LogP) is 0.785. The highest BCUT2D eigenvalue weighted by molar-refractivity contribution is 7.89. The third kappa shape index (κ3) is 3.36. The maximum Gasteiger partial charge on any atom is 0.245 e. The molecule has 0 bridgehead atoms. The molecule has 0 spiro atoms. The van der Waals surface area contributed by atoms with Crippen molar-refractivity contribution in [3.63, 3.8) is 0 Å². The van der Waals surface area contributed by atoms with E-state index in [0.29, 0.717) is 11.1 Å². The summed E-state index contributed by atoms with van der Waals surface area (Å²) in [5.41, 5.74) is 7.44. The fourth-order valence-electron chi connectivity index (χ4n) is 2.09. The molecule has 0 saturated heterocycles. The SMILES string of the molecule is Cc1ccc(C)c(S(=O)(=O)N(C)CC(=O)NC2CC2)c1N. The highest BCUT2D eigenvalue weighted by Gasteiger charge is 2.29. The molecule has 6 nitrogen and oxygen atoms in total. The summed E-state index contributed by atoms with van der Waals surface area (Å²) >= 11 is 0. The highest BCUT2D eigenvalue weighted by atomic mass is 32.2. The minimum Gasteiger partial charge on any atom is -0.397 e. The van der Waals surface area contributed by atoms with Gasteiger partial charge in [0, 0.05) is 13.1 Å². The number of anilines is 1. The van der Waals surface area contributed by atoms with Gasteiger partial charge in [0.15, 0.2) is 0 Å². The third-order valence-corrected chi connectivity index (χ3v) is 5.60. The molecule has 116 valence electrons. The summed E-state index contributed by atoms with van der Waals surface area (Å²) in [4.78, 5) is 11.9. The summed E-state index contributed by atoms with van der Waals surface area (Å²) in [6, 6.07) is 3.71. The van der Waals surface area contributed by atoms with E-state index in [1.807, 2.05) is 0 Å². The van der Waals surface area contributed by atoms with E-state index in [1.54, 1.807) is 26.0 Å². The second-order valence-electron chi connectivity index (χ2n) is 5.55. The van der Waals surface area contributed by atoms with E-state index >= 15 is 0 Å². The molecule has 7 heteroatoms. The highest BCUT2D eigenvalue weighted by Crippen LogP contribution is 2.28. The van der Waals surface area contributed by atoms with Gasteiger partial charge in [-0.1, -0.05) is 12.1 Å². The lowest BCUT2D eigenvalue weighted by Gasteiger charge is -2.20. The van der Waals surface area contributed by atoms with Crippen molar-refractivity contribution in [3.05, 3.63) is 23.3 Å². The van der Waals surface area contributed by atoms with E-state index < -0.39 is 10.0 Å². The molecule has 0 aliphatic heterocycles. The van der Waals surface area contributed by atoms with Crippen LogP contribution in [0, 0.1) is 13.8 Å². The number of likely N-dealkylation sites (N-methyl/N-ethyl adjacent to an activating group) is 1. The number of nitrogens with zero attached hydrogens (tertiary/aromatic N) is 1. The van der Waals surface area contributed by atoms with Crippen molar-refractivity contribution in [1.82, 2.24) is 9.62 Å². The number of benzene rings is 1. The maximum atomic E-state index is 12.6. The molecule has 3 N–H and O–H groups in total. The second-order valence-corrected chi connectivity index (χ2v) is 7.53. The van der Waals surface area contributed by atoms with E-state index in [4.69, 9.17) is 5.73 Å². The second kappa shape index (κ2) is 5.65. The quantitative estimate of drug-likeness (QED) is 0.786. The van der Waals surface area contributed by atoms with Crippen LogP contribution < -0.4 is 11.1 Å². The minimum atomic E-state index is -3.79. The number of nitrogens with one attached hydrogen (secondary N) is 1. The molecular weight excluding hydrogens is 290 g/mol. The number of carbonyl (C=O) groups is 1. The van der Waals surface area contributed by atoms with E-state index in [1.165, 1.54) is 7.05 Å². The Labute approximate surface area is 125 Å². The van der Waals surface area contributed by atoms with Crippen LogP contribution in [0.4, 0.5) is 5.69 Å². The third-order valence-electron chi connectivity index (χ3n) is 3.59. The first-order valence-electron chi connectivity index (χ1n) is 6.85. The van der Waals surface area contributed by atoms with Crippen molar-refractivity contribution in [1.29, 1.82) is 0 Å². The van der Waals surface area contributed by atoms with E-state index in [2.05, 4.69) is 5.32 Å². The molecule has 1 aliphatic rings. The van der Waals surface area contributed by atoms with Crippen LogP contribution in [0.5, 0.6) is 0 Å². The van der Waals surface area contributed by atoms with Crippen molar-refractivity contribution in [2.24, 2.45) is 0 Å². The van der Waals surface area contributed by atoms with Gasteiger partial charge in [-0.05, 0) is 37.8 Å². The number of sulfonamides is 1. The number of hydrogen-bond acceptors (Lipinski definition) is 4. The first-order chi connectivity index (χ1) is 9.73. The first-order valence-corrected chi connectivity index (χ1v) is 8.29. The molecule has 2 rings (SSSR count). The summed E-state index contributed by atoms with van der Waals surface area (Å²) in [6.07, 6.45) is 1.93. The van der Waals surface area contributed by atoms with Gasteiger partial charge in [0.25, 0.3) is 0 Å². The Kier molecular flexibility index (Phi) is 4.25. The number of nitrogen functional groups attached to an aromatic ring is 1. The minimum absolute atomic E-state index is 0.0872. The lowest BCUT2D eigenvalue weighted by atomic mass is 10.1. The van der Waals surface area contributed by atoms with Gasteiger partial charge in [0.1, 0.15) is 4.90 Å². The van der Waals surface area contributed by atoms with Crippen molar-refractivity contribution in [2.75, 3.05) is 19.3 Å². The molecule has 0 atom stereocenters. The standard InChI is InChI=1S/C14H21N3O3S/c1-9-4-5-10(2)14(13(9)15)21(19,20)17(3)8-12(18)16-11-6-7-11/h4-5,11H,6-8,15H2,1-3H3,(H,16,18). The van der Waals surface area contributed by atoms with Crippen molar-refractivity contribution >= 4 is 21.6 Å². The van der Waals surface area contributed by atoms with Crippen LogP contribution in [-0.4, -0.2) is 38.3 Å². The number of nitrogens with two attached hydrogens (primary N) is 1. The Balaban J connectivity index is 2.24. The van der Waals surface area contributed by atoms with Gasteiger partial charge in [-0.2, -0.15) is 4.31 Å².